The van der Waals surface area contributed by atoms with Gasteiger partial charge in [0.2, 0.25) is 10.0 Å². The second-order valence-electron chi connectivity index (χ2n) is 4.27. The van der Waals surface area contributed by atoms with Crippen molar-refractivity contribution in [3.05, 3.63) is 51.7 Å². The molecule has 1 aromatic carbocycles. The maximum atomic E-state index is 12.1. The molecular weight excluding hydrogens is 280 g/mol. The highest BCUT2D eigenvalue weighted by atomic mass is 32.2. The van der Waals surface area contributed by atoms with E-state index in [1.165, 1.54) is 11.3 Å². The predicted molar refractivity (Wildman–Crippen MR) is 77.4 cm³/mol. The summed E-state index contributed by atoms with van der Waals surface area (Å²) >= 11 is 1.36. The first kappa shape index (κ1) is 14.2. The van der Waals surface area contributed by atoms with Crippen molar-refractivity contribution in [1.82, 2.24) is 4.72 Å². The van der Waals surface area contributed by atoms with Crippen molar-refractivity contribution < 1.29 is 8.42 Å². The molecule has 0 radical (unpaired) electrons. The average Bonchev–Trinajstić information content (AvgIpc) is 2.86. The number of rotatable bonds is 5. The van der Waals surface area contributed by atoms with Crippen molar-refractivity contribution >= 4 is 21.4 Å². The molecule has 0 aliphatic heterocycles. The van der Waals surface area contributed by atoms with Gasteiger partial charge in [0, 0.05) is 23.3 Å². The van der Waals surface area contributed by atoms with Crippen LogP contribution in [-0.2, 0) is 23.1 Å². The lowest BCUT2D eigenvalue weighted by Crippen LogP contribution is -2.22. The predicted octanol–water partition coefficient (Wildman–Crippen LogP) is 1.99. The van der Waals surface area contributed by atoms with Crippen molar-refractivity contribution in [2.75, 3.05) is 0 Å². The molecule has 102 valence electrons. The quantitative estimate of drug-likeness (QED) is 0.886. The second-order valence-corrected chi connectivity index (χ2v) is 7.03. The Kier molecular flexibility index (Phi) is 4.36. The van der Waals surface area contributed by atoms with E-state index in [1.54, 1.807) is 11.4 Å². The Bertz CT molecular complexity index is 663. The third kappa shape index (κ3) is 3.63. The van der Waals surface area contributed by atoms with Crippen molar-refractivity contribution in [2.24, 2.45) is 5.73 Å². The first-order valence-electron chi connectivity index (χ1n) is 5.84. The molecule has 0 unspecified atom stereocenters. The normalized spacial score (nSPS) is 11.7. The van der Waals surface area contributed by atoms with Gasteiger partial charge in [-0.25, -0.2) is 13.1 Å². The number of hydrogen-bond acceptors (Lipinski definition) is 4. The fourth-order valence-corrected chi connectivity index (χ4v) is 3.87. The van der Waals surface area contributed by atoms with Crippen LogP contribution in [0.4, 0.5) is 0 Å². The molecular formula is C13H16N2O2S2. The van der Waals surface area contributed by atoms with Crippen LogP contribution in [0, 0.1) is 6.92 Å². The fraction of sp³-hybridized carbons (Fsp3) is 0.231. The van der Waals surface area contributed by atoms with Crippen molar-refractivity contribution in [2.45, 2.75) is 24.9 Å². The number of hydrogen-bond donors (Lipinski definition) is 2. The van der Waals surface area contributed by atoms with Crippen LogP contribution in [-0.4, -0.2) is 8.42 Å². The standard InChI is InChI=1S/C13H16N2O2S2/c1-10-3-2-4-11(5-10)8-15-19(16,17)13-6-12(7-14)18-9-13/h2-6,9,15H,7-8,14H2,1H3. The third-order valence-electron chi connectivity index (χ3n) is 2.69. The molecule has 2 aromatic rings. The Balaban J connectivity index is 2.09. The maximum Gasteiger partial charge on any atom is 0.241 e. The van der Waals surface area contributed by atoms with Gasteiger partial charge in [0.1, 0.15) is 0 Å². The zero-order chi connectivity index (χ0) is 13.9. The smallest absolute Gasteiger partial charge is 0.241 e. The Morgan fingerprint density at radius 3 is 2.74 bits per heavy atom. The summed E-state index contributed by atoms with van der Waals surface area (Å²) in [5, 5.41) is 1.61. The molecule has 0 saturated heterocycles. The van der Waals surface area contributed by atoms with Gasteiger partial charge < -0.3 is 5.73 Å². The average molecular weight is 296 g/mol. The number of nitrogens with one attached hydrogen (secondary N) is 1. The molecule has 19 heavy (non-hydrogen) atoms. The van der Waals surface area contributed by atoms with E-state index >= 15 is 0 Å². The highest BCUT2D eigenvalue weighted by Gasteiger charge is 2.15. The third-order valence-corrected chi connectivity index (χ3v) is 5.18. The molecule has 0 bridgehead atoms. The first-order chi connectivity index (χ1) is 9.01. The van der Waals surface area contributed by atoms with Crippen LogP contribution in [0.5, 0.6) is 0 Å². The van der Waals surface area contributed by atoms with E-state index in [0.29, 0.717) is 6.54 Å². The Morgan fingerprint density at radius 2 is 2.11 bits per heavy atom. The van der Waals surface area contributed by atoms with E-state index in [9.17, 15) is 8.42 Å². The number of nitrogens with two attached hydrogens (primary N) is 1. The van der Waals surface area contributed by atoms with Crippen LogP contribution in [0.1, 0.15) is 16.0 Å². The van der Waals surface area contributed by atoms with Gasteiger partial charge in [0.25, 0.3) is 0 Å². The monoisotopic (exact) mass is 296 g/mol. The summed E-state index contributed by atoms with van der Waals surface area (Å²) in [6.07, 6.45) is 0. The number of benzene rings is 1. The second kappa shape index (κ2) is 5.83. The zero-order valence-corrected chi connectivity index (χ0v) is 12.2. The summed E-state index contributed by atoms with van der Waals surface area (Å²) in [7, 11) is -3.46. The number of aryl methyl sites for hydroxylation is 1. The van der Waals surface area contributed by atoms with Gasteiger partial charge in [0.05, 0.1) is 4.90 Å². The zero-order valence-electron chi connectivity index (χ0n) is 10.6. The highest BCUT2D eigenvalue weighted by molar-refractivity contribution is 7.89. The lowest BCUT2D eigenvalue weighted by Gasteiger charge is -2.05. The summed E-state index contributed by atoms with van der Waals surface area (Å²) < 4.78 is 26.7. The molecule has 4 nitrogen and oxygen atoms in total. The van der Waals surface area contributed by atoms with Crippen LogP contribution in [0.25, 0.3) is 0 Å². The summed E-state index contributed by atoms with van der Waals surface area (Å²) in [6, 6.07) is 9.36. The Hall–Kier alpha value is -1.21. The minimum atomic E-state index is -3.46. The highest BCUT2D eigenvalue weighted by Crippen LogP contribution is 2.18. The van der Waals surface area contributed by atoms with Gasteiger partial charge in [-0.1, -0.05) is 29.8 Å². The topological polar surface area (TPSA) is 72.2 Å². The van der Waals surface area contributed by atoms with Gasteiger partial charge in [-0.2, -0.15) is 0 Å². The van der Waals surface area contributed by atoms with Gasteiger partial charge in [-0.15, -0.1) is 11.3 Å². The van der Waals surface area contributed by atoms with Crippen molar-refractivity contribution in [3.63, 3.8) is 0 Å². The molecule has 1 heterocycles. The molecule has 1 aromatic heterocycles. The Morgan fingerprint density at radius 1 is 1.32 bits per heavy atom. The molecule has 0 aliphatic carbocycles. The number of sulfonamides is 1. The SMILES string of the molecule is Cc1cccc(CNS(=O)(=O)c2csc(CN)c2)c1. The summed E-state index contributed by atoms with van der Waals surface area (Å²) in [5.41, 5.74) is 7.53. The van der Waals surface area contributed by atoms with Crippen LogP contribution < -0.4 is 10.5 Å². The summed E-state index contributed by atoms with van der Waals surface area (Å²) in [5.74, 6) is 0. The minimum Gasteiger partial charge on any atom is -0.326 e. The maximum absolute atomic E-state index is 12.1. The molecule has 2 rings (SSSR count). The van der Waals surface area contributed by atoms with Crippen LogP contribution in [0.15, 0.2) is 40.6 Å². The van der Waals surface area contributed by atoms with E-state index in [0.717, 1.165) is 16.0 Å². The van der Waals surface area contributed by atoms with E-state index in [2.05, 4.69) is 4.72 Å². The first-order valence-corrected chi connectivity index (χ1v) is 8.20. The van der Waals surface area contributed by atoms with Crippen molar-refractivity contribution in [1.29, 1.82) is 0 Å². The van der Waals surface area contributed by atoms with Gasteiger partial charge in [-0.05, 0) is 18.6 Å². The minimum absolute atomic E-state index is 0.283. The molecule has 0 fully saturated rings. The molecule has 0 saturated carbocycles. The van der Waals surface area contributed by atoms with E-state index in [-0.39, 0.29) is 11.4 Å². The molecule has 0 aliphatic rings. The molecule has 0 amide bonds. The van der Waals surface area contributed by atoms with Crippen LogP contribution in [0.2, 0.25) is 0 Å². The lowest BCUT2D eigenvalue weighted by molar-refractivity contribution is 0.581. The summed E-state index contributed by atoms with van der Waals surface area (Å²) in [6.45, 7) is 2.63. The van der Waals surface area contributed by atoms with Gasteiger partial charge in [0.15, 0.2) is 0 Å². The Labute approximate surface area is 117 Å². The molecule has 0 spiro atoms. The molecule has 0 atom stereocenters. The molecule has 3 N–H and O–H groups in total. The van der Waals surface area contributed by atoms with E-state index in [1.807, 2.05) is 31.2 Å². The summed E-state index contributed by atoms with van der Waals surface area (Å²) in [4.78, 5) is 1.14. The van der Waals surface area contributed by atoms with E-state index < -0.39 is 10.0 Å². The fourth-order valence-electron chi connectivity index (χ4n) is 1.69. The number of thiophene rings is 1. The lowest BCUT2D eigenvalue weighted by atomic mass is 10.1. The van der Waals surface area contributed by atoms with Gasteiger partial charge >= 0.3 is 0 Å². The van der Waals surface area contributed by atoms with Gasteiger partial charge in [-0.3, -0.25) is 0 Å². The van der Waals surface area contributed by atoms with E-state index in [4.69, 9.17) is 5.73 Å². The molecule has 6 heteroatoms. The van der Waals surface area contributed by atoms with Crippen LogP contribution in [0.3, 0.4) is 0 Å². The van der Waals surface area contributed by atoms with Crippen LogP contribution >= 0.6 is 11.3 Å². The largest absolute Gasteiger partial charge is 0.326 e. The van der Waals surface area contributed by atoms with Crippen molar-refractivity contribution in [3.8, 4) is 0 Å².